The molecule has 3 aromatic rings. The van der Waals surface area contributed by atoms with Crippen LogP contribution in [0.25, 0.3) is 11.0 Å². The van der Waals surface area contributed by atoms with E-state index >= 15 is 0 Å². The molecular formula is C26H33N5O6. The molecule has 11 heteroatoms. The van der Waals surface area contributed by atoms with Gasteiger partial charge >= 0.3 is 11.9 Å². The van der Waals surface area contributed by atoms with Crippen LogP contribution in [0.3, 0.4) is 0 Å². The second-order valence-electron chi connectivity index (χ2n) is 8.47. The number of benzene rings is 1. The first-order valence-corrected chi connectivity index (χ1v) is 12.4. The Morgan fingerprint density at radius 1 is 1.08 bits per heavy atom. The molecule has 0 fully saturated rings. The summed E-state index contributed by atoms with van der Waals surface area (Å²) in [6.45, 7) is 4.46. The summed E-state index contributed by atoms with van der Waals surface area (Å²) in [7, 11) is 0. The molecule has 0 spiro atoms. The zero-order valence-electron chi connectivity index (χ0n) is 21.1. The normalized spacial score (nSPS) is 11.7. The minimum absolute atomic E-state index is 0.00566. The Hall–Kier alpha value is -4.15. The summed E-state index contributed by atoms with van der Waals surface area (Å²) in [4.78, 5) is 55.5. The zero-order chi connectivity index (χ0) is 26.8. The number of aryl methyl sites for hydroxylation is 2. The maximum atomic E-state index is 12.7. The molecule has 0 bridgehead atoms. The molecule has 0 radical (unpaired) electrons. The van der Waals surface area contributed by atoms with Crippen molar-refractivity contribution in [2.45, 2.75) is 58.5 Å². The van der Waals surface area contributed by atoms with Crippen molar-refractivity contribution < 1.29 is 23.9 Å². The number of ether oxygens (including phenoxy) is 2. The van der Waals surface area contributed by atoms with E-state index in [1.54, 1.807) is 32.0 Å². The summed E-state index contributed by atoms with van der Waals surface area (Å²) in [6.07, 6.45) is 4.44. The van der Waals surface area contributed by atoms with Gasteiger partial charge in [-0.15, -0.1) is 0 Å². The zero-order valence-corrected chi connectivity index (χ0v) is 21.1. The lowest BCUT2D eigenvalue weighted by Crippen LogP contribution is -2.42. The molecule has 37 heavy (non-hydrogen) atoms. The predicted octanol–water partition coefficient (Wildman–Crippen LogP) is 2.33. The van der Waals surface area contributed by atoms with Gasteiger partial charge < -0.3 is 25.1 Å². The highest BCUT2D eigenvalue weighted by Gasteiger charge is 2.24. The number of nitrogen functional groups attached to an aromatic ring is 1. The van der Waals surface area contributed by atoms with Crippen LogP contribution in [0.15, 0.2) is 41.3 Å². The first-order valence-electron chi connectivity index (χ1n) is 12.4. The van der Waals surface area contributed by atoms with Crippen molar-refractivity contribution in [2.75, 3.05) is 18.9 Å². The van der Waals surface area contributed by atoms with Crippen LogP contribution in [0, 0.1) is 0 Å². The number of unbranched alkanes of at least 4 members (excludes halogenated alkanes) is 1. The molecule has 0 aliphatic carbocycles. The predicted molar refractivity (Wildman–Crippen MR) is 138 cm³/mol. The van der Waals surface area contributed by atoms with E-state index in [2.05, 4.69) is 15.3 Å². The number of carbonyl (C=O) groups excluding carboxylic acids is 3. The minimum Gasteiger partial charge on any atom is -0.466 e. The lowest BCUT2D eigenvalue weighted by molar-refractivity contribution is -0.146. The third kappa shape index (κ3) is 7.66. The number of H-pyrrole nitrogens is 1. The van der Waals surface area contributed by atoms with Gasteiger partial charge in [-0.2, -0.15) is 0 Å². The average Bonchev–Trinajstić information content (AvgIpc) is 3.28. The van der Waals surface area contributed by atoms with E-state index in [0.717, 1.165) is 24.8 Å². The van der Waals surface area contributed by atoms with Crippen molar-refractivity contribution in [3.8, 4) is 0 Å². The molecular weight excluding hydrogens is 478 g/mol. The molecule has 2 heterocycles. The fourth-order valence-electron chi connectivity index (χ4n) is 3.98. The van der Waals surface area contributed by atoms with Gasteiger partial charge in [-0.3, -0.25) is 19.4 Å². The van der Waals surface area contributed by atoms with E-state index < -0.39 is 23.9 Å². The molecule has 2 aromatic heterocycles. The molecule has 0 unspecified atom stereocenters. The van der Waals surface area contributed by atoms with Gasteiger partial charge in [0.2, 0.25) is 5.95 Å². The van der Waals surface area contributed by atoms with Gasteiger partial charge in [0.05, 0.1) is 18.7 Å². The van der Waals surface area contributed by atoms with Crippen molar-refractivity contribution in [1.29, 1.82) is 0 Å². The molecule has 1 amide bonds. The molecule has 0 saturated carbocycles. The van der Waals surface area contributed by atoms with Gasteiger partial charge in [0.1, 0.15) is 11.6 Å². The first-order chi connectivity index (χ1) is 17.8. The van der Waals surface area contributed by atoms with Crippen LogP contribution >= 0.6 is 0 Å². The molecule has 4 N–H and O–H groups in total. The molecule has 0 saturated heterocycles. The number of aromatic amines is 1. The number of hydrogen-bond acceptors (Lipinski definition) is 8. The Morgan fingerprint density at radius 2 is 1.81 bits per heavy atom. The molecule has 3 rings (SSSR count). The fourth-order valence-corrected chi connectivity index (χ4v) is 3.98. The second-order valence-corrected chi connectivity index (χ2v) is 8.47. The Balaban J connectivity index is 1.51. The van der Waals surface area contributed by atoms with E-state index in [0.29, 0.717) is 23.1 Å². The van der Waals surface area contributed by atoms with E-state index in [4.69, 9.17) is 15.2 Å². The highest BCUT2D eigenvalue weighted by Crippen LogP contribution is 2.13. The summed E-state index contributed by atoms with van der Waals surface area (Å²) in [5.74, 6) is -1.35. The van der Waals surface area contributed by atoms with Crippen molar-refractivity contribution >= 4 is 34.8 Å². The smallest absolute Gasteiger partial charge is 0.328 e. The standard InChI is InChI=1S/C26H33N5O6/c1-3-36-21(32)13-12-20(25(35)37-4-2)28-23(33)18-10-8-17(9-11-18)7-5-6-15-31-16-14-19-22(31)24(34)30-26(27)29-19/h8-11,14,16,20H,3-7,12-13,15H2,1-2H3,(H,28,33)(H3,27,29,30,34)/t20-/m0/s1. The summed E-state index contributed by atoms with van der Waals surface area (Å²) in [6, 6.07) is 7.97. The monoisotopic (exact) mass is 511 g/mol. The molecule has 0 aliphatic rings. The summed E-state index contributed by atoms with van der Waals surface area (Å²) < 4.78 is 11.8. The summed E-state index contributed by atoms with van der Waals surface area (Å²) in [5.41, 5.74) is 7.88. The number of carbonyl (C=O) groups is 3. The number of amides is 1. The van der Waals surface area contributed by atoms with Crippen molar-refractivity contribution in [3.05, 3.63) is 58.0 Å². The Bertz CT molecular complexity index is 1280. The number of hydrogen-bond donors (Lipinski definition) is 3. The third-order valence-electron chi connectivity index (χ3n) is 5.79. The Kier molecular flexibility index (Phi) is 9.82. The van der Waals surface area contributed by atoms with Crippen LogP contribution in [0.2, 0.25) is 0 Å². The largest absolute Gasteiger partial charge is 0.466 e. The molecule has 11 nitrogen and oxygen atoms in total. The van der Waals surface area contributed by atoms with Gasteiger partial charge in [-0.1, -0.05) is 12.1 Å². The number of nitrogens with two attached hydrogens (primary N) is 1. The van der Waals surface area contributed by atoms with E-state index in [1.807, 2.05) is 22.9 Å². The Labute approximate surface area is 214 Å². The number of nitrogens with one attached hydrogen (secondary N) is 2. The number of esters is 2. The maximum Gasteiger partial charge on any atom is 0.328 e. The third-order valence-corrected chi connectivity index (χ3v) is 5.79. The summed E-state index contributed by atoms with van der Waals surface area (Å²) in [5, 5.41) is 2.66. The SMILES string of the molecule is CCOC(=O)CC[C@H](NC(=O)c1ccc(CCCCn2ccc3nc(N)[nH]c(=O)c32)cc1)C(=O)OCC. The van der Waals surface area contributed by atoms with E-state index in [1.165, 1.54) is 0 Å². The maximum absolute atomic E-state index is 12.7. The van der Waals surface area contributed by atoms with E-state index in [-0.39, 0.29) is 37.6 Å². The van der Waals surface area contributed by atoms with Crippen LogP contribution in [0.4, 0.5) is 5.95 Å². The topological polar surface area (TPSA) is 158 Å². The van der Waals surface area contributed by atoms with Crippen molar-refractivity contribution in [1.82, 2.24) is 19.9 Å². The molecule has 198 valence electrons. The molecule has 0 aliphatic heterocycles. The number of fused-ring (bicyclic) bond motifs is 1. The van der Waals surface area contributed by atoms with Crippen LogP contribution in [0.1, 0.15) is 55.5 Å². The van der Waals surface area contributed by atoms with Gasteiger partial charge in [0.15, 0.2) is 0 Å². The number of anilines is 1. The minimum atomic E-state index is -0.944. The summed E-state index contributed by atoms with van der Waals surface area (Å²) >= 11 is 0. The first kappa shape index (κ1) is 27.4. The number of nitrogens with zero attached hydrogens (tertiary/aromatic N) is 2. The lowest BCUT2D eigenvalue weighted by Gasteiger charge is -2.17. The van der Waals surface area contributed by atoms with Gasteiger partial charge in [-0.05, 0) is 63.3 Å². The number of rotatable bonds is 13. The van der Waals surface area contributed by atoms with Crippen LogP contribution in [0.5, 0.6) is 0 Å². The van der Waals surface area contributed by atoms with Gasteiger partial charge in [0, 0.05) is 24.7 Å². The average molecular weight is 512 g/mol. The highest BCUT2D eigenvalue weighted by molar-refractivity contribution is 5.96. The second kappa shape index (κ2) is 13.2. The van der Waals surface area contributed by atoms with Crippen LogP contribution in [-0.2, 0) is 32.0 Å². The van der Waals surface area contributed by atoms with Gasteiger partial charge in [-0.25, -0.2) is 9.78 Å². The number of aromatic nitrogens is 3. The van der Waals surface area contributed by atoms with Crippen molar-refractivity contribution in [3.63, 3.8) is 0 Å². The highest BCUT2D eigenvalue weighted by atomic mass is 16.5. The Morgan fingerprint density at radius 3 is 2.51 bits per heavy atom. The van der Waals surface area contributed by atoms with Crippen LogP contribution in [-0.4, -0.2) is 51.6 Å². The molecule has 1 aromatic carbocycles. The lowest BCUT2D eigenvalue weighted by atomic mass is 10.0. The van der Waals surface area contributed by atoms with Crippen molar-refractivity contribution in [2.24, 2.45) is 0 Å². The molecule has 1 atom stereocenters. The van der Waals surface area contributed by atoms with Gasteiger partial charge in [0.25, 0.3) is 11.5 Å². The quantitative estimate of drug-likeness (QED) is 0.233. The van der Waals surface area contributed by atoms with E-state index in [9.17, 15) is 19.2 Å². The van der Waals surface area contributed by atoms with Crippen LogP contribution < -0.4 is 16.6 Å². The fraction of sp³-hybridized carbons (Fsp3) is 0.423.